The number of carboxylic acid groups (broad SMARTS) is 1. The van der Waals surface area contributed by atoms with Gasteiger partial charge in [0.15, 0.2) is 0 Å². The van der Waals surface area contributed by atoms with Crippen LogP contribution in [0.2, 0.25) is 0 Å². The summed E-state index contributed by atoms with van der Waals surface area (Å²) in [4.78, 5) is 13.7. The summed E-state index contributed by atoms with van der Waals surface area (Å²) in [6.45, 7) is 3.78. The molecule has 1 fully saturated rings. The lowest BCUT2D eigenvalue weighted by Crippen LogP contribution is -2.32. The van der Waals surface area contributed by atoms with E-state index in [4.69, 9.17) is 4.74 Å². The van der Waals surface area contributed by atoms with E-state index in [1.54, 1.807) is 30.6 Å². The van der Waals surface area contributed by atoms with E-state index < -0.39 is 5.97 Å². The molecule has 2 aromatic heterocycles. The van der Waals surface area contributed by atoms with Crippen molar-refractivity contribution >= 4 is 28.2 Å². The van der Waals surface area contributed by atoms with Gasteiger partial charge in [0.1, 0.15) is 5.75 Å². The quantitative estimate of drug-likeness (QED) is 0.339. The Morgan fingerprint density at radius 2 is 1.97 bits per heavy atom. The molecule has 34 heavy (non-hydrogen) atoms. The first-order valence-electron chi connectivity index (χ1n) is 11.8. The second kappa shape index (κ2) is 10.0. The maximum Gasteiger partial charge on any atom is 0.335 e. The number of thiophene rings is 1. The summed E-state index contributed by atoms with van der Waals surface area (Å²) in [7, 11) is 1.73. The average Bonchev–Trinajstić information content (AvgIpc) is 3.51. The summed E-state index contributed by atoms with van der Waals surface area (Å²) < 4.78 is 7.95. The molecule has 0 aliphatic carbocycles. The molecule has 6 heteroatoms. The minimum atomic E-state index is -0.869. The van der Waals surface area contributed by atoms with E-state index in [-0.39, 0.29) is 0 Å². The highest BCUT2D eigenvalue weighted by Gasteiger charge is 2.24. The number of hydrogen-bond acceptors (Lipinski definition) is 4. The van der Waals surface area contributed by atoms with Gasteiger partial charge in [-0.1, -0.05) is 12.1 Å². The topological polar surface area (TPSA) is 54.7 Å². The lowest BCUT2D eigenvalue weighted by Gasteiger charge is -2.32. The number of fused-ring (bicyclic) bond motifs is 1. The first-order valence-corrected chi connectivity index (χ1v) is 12.8. The molecule has 0 bridgehead atoms. The zero-order valence-corrected chi connectivity index (χ0v) is 20.3. The van der Waals surface area contributed by atoms with Gasteiger partial charge in [0.05, 0.1) is 12.7 Å². The average molecular weight is 475 g/mol. The maximum absolute atomic E-state index is 11.3. The van der Waals surface area contributed by atoms with E-state index >= 15 is 0 Å². The van der Waals surface area contributed by atoms with Crippen LogP contribution in [-0.2, 0) is 19.5 Å². The third-order valence-corrected chi connectivity index (χ3v) is 7.68. The number of likely N-dealkylation sites (tertiary alicyclic amines) is 1. The lowest BCUT2D eigenvalue weighted by atomic mass is 9.89. The number of carboxylic acids is 1. The maximum atomic E-state index is 11.3. The second-order valence-electron chi connectivity index (χ2n) is 9.10. The molecule has 5 rings (SSSR count). The SMILES string of the molecule is COc1ccc2c(c1)c(C1CCN(Cc3cccc(C(=O)O)c3)CC1)cn2CCc1ccsc1. The Morgan fingerprint density at radius 1 is 1.12 bits per heavy atom. The van der Waals surface area contributed by atoms with E-state index in [1.165, 1.54) is 22.0 Å². The van der Waals surface area contributed by atoms with Crippen molar-refractivity contribution in [1.29, 1.82) is 0 Å². The fraction of sp³-hybridized carbons (Fsp3) is 0.321. The van der Waals surface area contributed by atoms with Crippen molar-refractivity contribution in [3.05, 3.63) is 87.7 Å². The zero-order chi connectivity index (χ0) is 23.5. The molecule has 0 unspecified atom stereocenters. The molecule has 176 valence electrons. The predicted octanol–water partition coefficient (Wildman–Crippen LogP) is 6.03. The standard InChI is InChI=1S/C28H30N2O3S/c1-33-24-5-6-27-25(16-24)26(18-30(27)13-7-20-10-14-34-19-20)22-8-11-29(12-9-22)17-21-3-2-4-23(15-21)28(31)32/h2-6,10,14-16,18-19,22H,7-9,11-13,17H2,1H3,(H,31,32). The molecule has 0 radical (unpaired) electrons. The predicted molar refractivity (Wildman–Crippen MR) is 137 cm³/mol. The van der Waals surface area contributed by atoms with E-state index in [0.29, 0.717) is 11.5 Å². The third kappa shape index (κ3) is 4.88. The van der Waals surface area contributed by atoms with Crippen LogP contribution in [0.25, 0.3) is 10.9 Å². The Kier molecular flexibility index (Phi) is 6.70. The molecule has 5 nitrogen and oxygen atoms in total. The molecular weight excluding hydrogens is 444 g/mol. The van der Waals surface area contributed by atoms with Crippen LogP contribution in [0.15, 0.2) is 65.5 Å². The van der Waals surface area contributed by atoms with Crippen molar-refractivity contribution in [3.8, 4) is 5.75 Å². The van der Waals surface area contributed by atoms with Crippen molar-refractivity contribution in [2.75, 3.05) is 20.2 Å². The molecule has 1 saturated heterocycles. The van der Waals surface area contributed by atoms with E-state index in [0.717, 1.165) is 56.8 Å². The van der Waals surface area contributed by atoms with Gasteiger partial charge in [-0.05, 0) is 102 Å². The summed E-state index contributed by atoms with van der Waals surface area (Å²) in [5.41, 5.74) is 5.51. The third-order valence-electron chi connectivity index (χ3n) is 6.95. The molecule has 0 amide bonds. The molecule has 2 aromatic carbocycles. The number of carbonyl (C=O) groups is 1. The van der Waals surface area contributed by atoms with Crippen molar-refractivity contribution in [3.63, 3.8) is 0 Å². The largest absolute Gasteiger partial charge is 0.497 e. The van der Waals surface area contributed by atoms with Gasteiger partial charge in [0.25, 0.3) is 0 Å². The highest BCUT2D eigenvalue weighted by molar-refractivity contribution is 7.07. The molecular formula is C28H30N2O3S. The Labute approximate surface area is 204 Å². The fourth-order valence-corrected chi connectivity index (χ4v) is 5.79. The monoisotopic (exact) mass is 474 g/mol. The van der Waals surface area contributed by atoms with Crippen LogP contribution in [0.5, 0.6) is 5.75 Å². The molecule has 0 saturated carbocycles. The Hall–Kier alpha value is -3.09. The van der Waals surface area contributed by atoms with Crippen LogP contribution in [0.3, 0.4) is 0 Å². The number of piperidine rings is 1. The number of methoxy groups -OCH3 is 1. The minimum Gasteiger partial charge on any atom is -0.497 e. The molecule has 3 heterocycles. The van der Waals surface area contributed by atoms with Gasteiger partial charge in [-0.3, -0.25) is 4.90 Å². The number of ether oxygens (including phenoxy) is 1. The molecule has 1 aliphatic rings. The van der Waals surface area contributed by atoms with Gasteiger partial charge < -0.3 is 14.4 Å². The number of nitrogens with zero attached hydrogens (tertiary/aromatic N) is 2. The highest BCUT2D eigenvalue weighted by atomic mass is 32.1. The van der Waals surface area contributed by atoms with Crippen molar-refractivity contribution < 1.29 is 14.6 Å². The number of aryl methyl sites for hydroxylation is 2. The fourth-order valence-electron chi connectivity index (χ4n) is 5.09. The van der Waals surface area contributed by atoms with E-state index in [1.807, 2.05) is 12.1 Å². The van der Waals surface area contributed by atoms with Crippen LogP contribution in [0.1, 0.15) is 45.8 Å². The molecule has 1 N–H and O–H groups in total. The smallest absolute Gasteiger partial charge is 0.335 e. The molecule has 0 atom stereocenters. The van der Waals surface area contributed by atoms with Crippen molar-refractivity contribution in [2.45, 2.75) is 38.3 Å². The van der Waals surface area contributed by atoms with Gasteiger partial charge in [-0.2, -0.15) is 11.3 Å². The number of hydrogen-bond donors (Lipinski definition) is 1. The molecule has 4 aromatic rings. The Balaban J connectivity index is 1.32. The number of benzene rings is 2. The highest BCUT2D eigenvalue weighted by Crippen LogP contribution is 2.36. The van der Waals surface area contributed by atoms with Gasteiger partial charge in [-0.15, -0.1) is 0 Å². The zero-order valence-electron chi connectivity index (χ0n) is 19.4. The lowest BCUT2D eigenvalue weighted by molar-refractivity contribution is 0.0696. The summed E-state index contributed by atoms with van der Waals surface area (Å²) in [5, 5.41) is 15.0. The van der Waals surface area contributed by atoms with Gasteiger partial charge >= 0.3 is 5.97 Å². The van der Waals surface area contributed by atoms with Crippen LogP contribution in [0, 0.1) is 0 Å². The molecule has 1 aliphatic heterocycles. The second-order valence-corrected chi connectivity index (χ2v) is 9.88. The summed E-state index contributed by atoms with van der Waals surface area (Å²) in [5.74, 6) is 0.546. The minimum absolute atomic E-state index is 0.358. The van der Waals surface area contributed by atoms with Crippen molar-refractivity contribution in [1.82, 2.24) is 9.47 Å². The van der Waals surface area contributed by atoms with Crippen LogP contribution in [0.4, 0.5) is 0 Å². The summed E-state index contributed by atoms with van der Waals surface area (Å²) in [6, 6.07) is 16.0. The van der Waals surface area contributed by atoms with E-state index in [2.05, 4.69) is 50.7 Å². The van der Waals surface area contributed by atoms with Gasteiger partial charge in [0, 0.05) is 30.2 Å². The van der Waals surface area contributed by atoms with Gasteiger partial charge in [-0.25, -0.2) is 4.79 Å². The van der Waals surface area contributed by atoms with Crippen LogP contribution in [-0.4, -0.2) is 40.7 Å². The number of rotatable bonds is 8. The first-order chi connectivity index (χ1) is 16.6. The Morgan fingerprint density at radius 3 is 2.71 bits per heavy atom. The van der Waals surface area contributed by atoms with Crippen molar-refractivity contribution in [2.24, 2.45) is 0 Å². The molecule has 0 spiro atoms. The summed E-state index contributed by atoms with van der Waals surface area (Å²) >= 11 is 1.75. The normalized spacial score (nSPS) is 15.1. The van der Waals surface area contributed by atoms with E-state index in [9.17, 15) is 9.90 Å². The van der Waals surface area contributed by atoms with Crippen LogP contribution >= 0.6 is 11.3 Å². The van der Waals surface area contributed by atoms with Gasteiger partial charge in [0.2, 0.25) is 0 Å². The van der Waals surface area contributed by atoms with Crippen LogP contribution < -0.4 is 4.74 Å². The number of aromatic nitrogens is 1. The summed E-state index contributed by atoms with van der Waals surface area (Å²) in [6.07, 6.45) is 5.60. The first kappa shape index (κ1) is 22.7. The Bertz CT molecular complexity index is 1270. The number of aromatic carboxylic acids is 1.